The molecule has 0 saturated carbocycles. The van der Waals surface area contributed by atoms with Crippen LogP contribution in [0.3, 0.4) is 0 Å². The fraction of sp³-hybridized carbons (Fsp3) is 0.278. The predicted octanol–water partition coefficient (Wildman–Crippen LogP) is 4.18. The van der Waals surface area contributed by atoms with Crippen molar-refractivity contribution in [2.45, 2.75) is 32.6 Å². The molecule has 7 heteroatoms. The Balaban J connectivity index is 2.04. The molecule has 132 valence electrons. The SMILES string of the molecule is Cc1cc(C)c(C)c(S(=O)(=O)Nc2cc(-c3cccs3)nn2C)c1C. The molecule has 1 aromatic carbocycles. The number of hydrogen-bond donors (Lipinski definition) is 1. The number of hydrogen-bond acceptors (Lipinski definition) is 4. The van der Waals surface area contributed by atoms with Gasteiger partial charge in [-0.25, -0.2) is 8.42 Å². The lowest BCUT2D eigenvalue weighted by molar-refractivity contribution is 0.598. The van der Waals surface area contributed by atoms with Crippen LogP contribution in [-0.4, -0.2) is 18.2 Å². The van der Waals surface area contributed by atoms with Crippen molar-refractivity contribution in [3.8, 4) is 10.6 Å². The summed E-state index contributed by atoms with van der Waals surface area (Å²) in [7, 11) is -1.97. The van der Waals surface area contributed by atoms with Gasteiger partial charge < -0.3 is 0 Å². The van der Waals surface area contributed by atoms with E-state index >= 15 is 0 Å². The summed E-state index contributed by atoms with van der Waals surface area (Å²) in [5.41, 5.74) is 4.23. The molecule has 0 aliphatic carbocycles. The van der Waals surface area contributed by atoms with Crippen molar-refractivity contribution < 1.29 is 8.42 Å². The molecule has 2 heterocycles. The fourth-order valence-corrected chi connectivity index (χ4v) is 5.26. The van der Waals surface area contributed by atoms with Crippen molar-refractivity contribution >= 4 is 27.2 Å². The number of aryl methyl sites for hydroxylation is 3. The summed E-state index contributed by atoms with van der Waals surface area (Å²) in [5.74, 6) is 0.446. The number of nitrogens with zero attached hydrogens (tertiary/aromatic N) is 2. The monoisotopic (exact) mass is 375 g/mol. The minimum atomic E-state index is -3.71. The number of nitrogens with one attached hydrogen (secondary N) is 1. The quantitative estimate of drug-likeness (QED) is 0.744. The Hall–Kier alpha value is -2.12. The Bertz CT molecular complexity index is 1010. The number of thiophene rings is 1. The van der Waals surface area contributed by atoms with Gasteiger partial charge in [0.05, 0.1) is 9.77 Å². The van der Waals surface area contributed by atoms with Crippen molar-refractivity contribution in [1.82, 2.24) is 9.78 Å². The highest BCUT2D eigenvalue weighted by Gasteiger charge is 2.23. The molecule has 1 N–H and O–H groups in total. The van der Waals surface area contributed by atoms with E-state index < -0.39 is 10.0 Å². The Morgan fingerprint density at radius 1 is 1.08 bits per heavy atom. The molecular formula is C18H21N3O2S2. The summed E-state index contributed by atoms with van der Waals surface area (Å²) < 4.78 is 30.3. The Morgan fingerprint density at radius 3 is 2.28 bits per heavy atom. The van der Waals surface area contributed by atoms with Crippen LogP contribution in [-0.2, 0) is 17.1 Å². The van der Waals surface area contributed by atoms with Gasteiger partial charge in [0.25, 0.3) is 10.0 Å². The molecule has 25 heavy (non-hydrogen) atoms. The topological polar surface area (TPSA) is 64.0 Å². The van der Waals surface area contributed by atoms with E-state index in [1.165, 1.54) is 0 Å². The number of sulfonamides is 1. The Labute approximate surface area is 152 Å². The molecule has 3 rings (SSSR count). The molecule has 0 unspecified atom stereocenters. The average molecular weight is 376 g/mol. The highest BCUT2D eigenvalue weighted by molar-refractivity contribution is 7.92. The van der Waals surface area contributed by atoms with Gasteiger partial charge in [-0.3, -0.25) is 9.40 Å². The number of rotatable bonds is 4. The highest BCUT2D eigenvalue weighted by Crippen LogP contribution is 2.30. The molecule has 0 amide bonds. The molecule has 0 atom stereocenters. The first-order chi connectivity index (χ1) is 11.7. The van der Waals surface area contributed by atoms with Crippen LogP contribution in [0.25, 0.3) is 10.6 Å². The zero-order chi connectivity index (χ0) is 18.4. The number of benzene rings is 1. The largest absolute Gasteiger partial charge is 0.264 e. The van der Waals surface area contributed by atoms with Crippen LogP contribution in [0.5, 0.6) is 0 Å². The molecule has 5 nitrogen and oxygen atoms in total. The summed E-state index contributed by atoms with van der Waals surface area (Å²) >= 11 is 1.57. The van der Waals surface area contributed by atoms with E-state index in [1.807, 2.05) is 51.3 Å². The van der Waals surface area contributed by atoms with E-state index in [0.29, 0.717) is 10.7 Å². The van der Waals surface area contributed by atoms with Gasteiger partial charge in [-0.1, -0.05) is 12.1 Å². The van der Waals surface area contributed by atoms with Gasteiger partial charge in [0, 0.05) is 13.1 Å². The van der Waals surface area contributed by atoms with E-state index in [2.05, 4.69) is 9.82 Å². The van der Waals surface area contributed by atoms with Crippen LogP contribution in [0.15, 0.2) is 34.5 Å². The van der Waals surface area contributed by atoms with Crippen molar-refractivity contribution in [1.29, 1.82) is 0 Å². The van der Waals surface area contributed by atoms with Gasteiger partial charge in [-0.2, -0.15) is 5.10 Å². The summed E-state index contributed by atoms with van der Waals surface area (Å²) in [4.78, 5) is 1.35. The summed E-state index contributed by atoms with van der Waals surface area (Å²) in [6.07, 6.45) is 0. The summed E-state index contributed by atoms with van der Waals surface area (Å²) in [5, 5.41) is 6.38. The van der Waals surface area contributed by atoms with Crippen LogP contribution in [0, 0.1) is 27.7 Å². The normalized spacial score (nSPS) is 11.7. The number of aromatic nitrogens is 2. The molecule has 0 spiro atoms. The lowest BCUT2D eigenvalue weighted by Gasteiger charge is -2.16. The third kappa shape index (κ3) is 3.21. The second-order valence-electron chi connectivity index (χ2n) is 6.21. The van der Waals surface area contributed by atoms with Crippen molar-refractivity contribution in [3.05, 3.63) is 51.9 Å². The molecule has 0 aliphatic heterocycles. The van der Waals surface area contributed by atoms with E-state index in [-0.39, 0.29) is 0 Å². The third-order valence-corrected chi connectivity index (χ3v) is 6.98. The zero-order valence-electron chi connectivity index (χ0n) is 14.9. The van der Waals surface area contributed by atoms with Gasteiger partial charge in [0.2, 0.25) is 0 Å². The first kappa shape index (κ1) is 17.7. The molecule has 0 saturated heterocycles. The number of anilines is 1. The van der Waals surface area contributed by atoms with E-state index in [4.69, 9.17) is 0 Å². The summed E-state index contributed by atoms with van der Waals surface area (Å²) in [6, 6.07) is 7.68. The van der Waals surface area contributed by atoms with Crippen molar-refractivity contribution in [3.63, 3.8) is 0 Å². The molecule has 0 radical (unpaired) electrons. The fourth-order valence-electron chi connectivity index (χ4n) is 2.88. The molecule has 0 bridgehead atoms. The van der Waals surface area contributed by atoms with Crippen LogP contribution in [0.1, 0.15) is 22.3 Å². The molecule has 2 aromatic heterocycles. The van der Waals surface area contributed by atoms with Crippen LogP contribution in [0.4, 0.5) is 5.82 Å². The Morgan fingerprint density at radius 2 is 1.72 bits per heavy atom. The smallest absolute Gasteiger partial charge is 0.263 e. The molecule has 0 fully saturated rings. The van der Waals surface area contributed by atoms with Gasteiger partial charge in [-0.05, 0) is 61.4 Å². The van der Waals surface area contributed by atoms with Gasteiger partial charge in [0.1, 0.15) is 11.5 Å². The third-order valence-electron chi connectivity index (χ3n) is 4.46. The maximum atomic E-state index is 13.0. The van der Waals surface area contributed by atoms with Gasteiger partial charge >= 0.3 is 0 Å². The zero-order valence-corrected chi connectivity index (χ0v) is 16.5. The minimum Gasteiger partial charge on any atom is -0.264 e. The minimum absolute atomic E-state index is 0.351. The predicted molar refractivity (Wildman–Crippen MR) is 103 cm³/mol. The lowest BCUT2D eigenvalue weighted by Crippen LogP contribution is -2.18. The van der Waals surface area contributed by atoms with Gasteiger partial charge in [-0.15, -0.1) is 11.3 Å². The van der Waals surface area contributed by atoms with E-state index in [0.717, 1.165) is 32.8 Å². The van der Waals surface area contributed by atoms with Crippen LogP contribution in [0.2, 0.25) is 0 Å². The highest BCUT2D eigenvalue weighted by atomic mass is 32.2. The standard InChI is InChI=1S/C18H21N3O2S2/c1-11-9-12(2)14(4)18(13(11)3)25(22,23)20-17-10-15(19-21(17)5)16-7-6-8-24-16/h6-10,20H,1-5H3. The van der Waals surface area contributed by atoms with E-state index in [9.17, 15) is 8.42 Å². The second kappa shape index (κ2) is 6.31. The molecular weight excluding hydrogens is 354 g/mol. The van der Waals surface area contributed by atoms with Crippen LogP contribution < -0.4 is 4.72 Å². The van der Waals surface area contributed by atoms with E-state index in [1.54, 1.807) is 29.1 Å². The first-order valence-electron chi connectivity index (χ1n) is 7.89. The van der Waals surface area contributed by atoms with Crippen molar-refractivity contribution in [2.24, 2.45) is 7.05 Å². The lowest BCUT2D eigenvalue weighted by atomic mass is 10.0. The molecule has 3 aromatic rings. The Kier molecular flexibility index (Phi) is 4.47. The van der Waals surface area contributed by atoms with Crippen LogP contribution >= 0.6 is 11.3 Å². The van der Waals surface area contributed by atoms with Gasteiger partial charge in [0.15, 0.2) is 0 Å². The van der Waals surface area contributed by atoms with Crippen molar-refractivity contribution in [2.75, 3.05) is 4.72 Å². The summed E-state index contributed by atoms with van der Waals surface area (Å²) in [6.45, 7) is 7.55. The second-order valence-corrected chi connectivity index (χ2v) is 8.78. The first-order valence-corrected chi connectivity index (χ1v) is 10.2. The maximum Gasteiger partial charge on any atom is 0.263 e. The average Bonchev–Trinajstić information content (AvgIpc) is 3.15. The maximum absolute atomic E-state index is 13.0. The molecule has 0 aliphatic rings.